The monoisotopic (exact) mass is 385 g/mol. The maximum Gasteiger partial charge on any atom is 0.272 e. The molecule has 6 nitrogen and oxygen atoms in total. The highest BCUT2D eigenvalue weighted by atomic mass is 35.5. The van der Waals surface area contributed by atoms with Crippen LogP contribution in [0.1, 0.15) is 35.9 Å². The molecule has 4 rings (SSSR count). The Morgan fingerprint density at radius 3 is 2.74 bits per heavy atom. The van der Waals surface area contributed by atoms with Gasteiger partial charge in [-0.2, -0.15) is 0 Å². The molecule has 1 aromatic carbocycles. The third-order valence-corrected chi connectivity index (χ3v) is 4.84. The number of rotatable bonds is 4. The lowest BCUT2D eigenvalue weighted by molar-refractivity contribution is 0.0919. The van der Waals surface area contributed by atoms with Crippen molar-refractivity contribution in [3.63, 3.8) is 0 Å². The van der Waals surface area contributed by atoms with Gasteiger partial charge in [-0.25, -0.2) is 4.98 Å². The summed E-state index contributed by atoms with van der Waals surface area (Å²) in [6.07, 6.45) is 1.78. The fourth-order valence-corrected chi connectivity index (χ4v) is 3.53. The zero-order valence-corrected chi connectivity index (χ0v) is 15.9. The lowest BCUT2D eigenvalue weighted by atomic mass is 9.95. The summed E-state index contributed by atoms with van der Waals surface area (Å²) >= 11 is 6.24. The van der Waals surface area contributed by atoms with Crippen LogP contribution in [0.2, 0.25) is 5.15 Å². The van der Waals surface area contributed by atoms with Crippen molar-refractivity contribution in [2.24, 2.45) is 5.92 Å². The Labute approximate surface area is 162 Å². The molecule has 27 heavy (non-hydrogen) atoms. The van der Waals surface area contributed by atoms with Crippen molar-refractivity contribution >= 4 is 23.2 Å². The minimum atomic E-state index is -0.271. The number of benzene rings is 1. The number of aromatic nitrogens is 2. The van der Waals surface area contributed by atoms with Crippen molar-refractivity contribution in [1.29, 1.82) is 0 Å². The molecule has 3 aromatic rings. The average molecular weight is 386 g/mol. The second-order valence-electron chi connectivity index (χ2n) is 6.78. The molecule has 3 heterocycles. The van der Waals surface area contributed by atoms with Gasteiger partial charge in [-0.15, -0.1) is 0 Å². The molecule has 1 N–H and O–H groups in total. The van der Waals surface area contributed by atoms with Crippen molar-refractivity contribution in [3.8, 4) is 11.5 Å². The normalized spacial score (nSPS) is 14.4. The lowest BCUT2D eigenvalue weighted by Gasteiger charge is -2.25. The van der Waals surface area contributed by atoms with Gasteiger partial charge in [-0.1, -0.05) is 37.6 Å². The van der Waals surface area contributed by atoms with Gasteiger partial charge in [0.05, 0.1) is 6.04 Å². The van der Waals surface area contributed by atoms with E-state index in [9.17, 15) is 4.79 Å². The molecule has 1 atom stereocenters. The van der Waals surface area contributed by atoms with Crippen LogP contribution in [0, 0.1) is 5.92 Å². The smallest absolute Gasteiger partial charge is 0.272 e. The Balaban J connectivity index is 1.65. The minimum absolute atomic E-state index is 0.162. The molecule has 0 saturated heterocycles. The summed E-state index contributed by atoms with van der Waals surface area (Å²) in [4.78, 5) is 17.3. The number of ether oxygens (including phenoxy) is 2. The van der Waals surface area contributed by atoms with Gasteiger partial charge in [0.15, 0.2) is 22.3 Å². The predicted octanol–water partition coefficient (Wildman–Crippen LogP) is 3.89. The number of carbonyl (C=O) groups is 1. The van der Waals surface area contributed by atoms with Gasteiger partial charge in [-0.3, -0.25) is 9.20 Å². The second-order valence-corrected chi connectivity index (χ2v) is 7.14. The summed E-state index contributed by atoms with van der Waals surface area (Å²) in [6.45, 7) is 5.17. The summed E-state index contributed by atoms with van der Waals surface area (Å²) in [5.41, 5.74) is 1.91. The number of amides is 1. The topological polar surface area (TPSA) is 64.9 Å². The van der Waals surface area contributed by atoms with E-state index in [-0.39, 0.29) is 23.0 Å². The number of fused-ring (bicyclic) bond motifs is 2. The van der Waals surface area contributed by atoms with Gasteiger partial charge in [0.2, 0.25) is 0 Å². The highest BCUT2D eigenvalue weighted by Crippen LogP contribution is 2.34. The van der Waals surface area contributed by atoms with Crippen LogP contribution in [0.15, 0.2) is 42.6 Å². The zero-order valence-electron chi connectivity index (χ0n) is 15.1. The Morgan fingerprint density at radius 1 is 1.19 bits per heavy atom. The average Bonchev–Trinajstić information content (AvgIpc) is 3.01. The van der Waals surface area contributed by atoms with Crippen molar-refractivity contribution in [2.45, 2.75) is 19.9 Å². The predicted molar refractivity (Wildman–Crippen MR) is 103 cm³/mol. The van der Waals surface area contributed by atoms with Crippen molar-refractivity contribution in [1.82, 2.24) is 14.7 Å². The molecule has 1 amide bonds. The molecule has 0 spiro atoms. The van der Waals surface area contributed by atoms with Crippen molar-refractivity contribution < 1.29 is 14.3 Å². The number of halogens is 1. The maximum absolute atomic E-state index is 13.0. The molecule has 0 aliphatic carbocycles. The first-order valence-corrected chi connectivity index (χ1v) is 9.25. The molecule has 1 aliphatic rings. The Morgan fingerprint density at radius 2 is 1.96 bits per heavy atom. The zero-order chi connectivity index (χ0) is 19.0. The molecule has 0 unspecified atom stereocenters. The second kappa shape index (κ2) is 7.12. The first-order chi connectivity index (χ1) is 13.0. The Hall–Kier alpha value is -2.73. The first kappa shape index (κ1) is 17.7. The Kier molecular flexibility index (Phi) is 4.66. The van der Waals surface area contributed by atoms with Gasteiger partial charge < -0.3 is 14.8 Å². The van der Waals surface area contributed by atoms with Crippen LogP contribution >= 0.6 is 11.6 Å². The van der Waals surface area contributed by atoms with Crippen LogP contribution in [0.25, 0.3) is 5.65 Å². The summed E-state index contributed by atoms with van der Waals surface area (Å²) in [6, 6.07) is 11.0. The molecular formula is C20H20ClN3O3. The van der Waals surface area contributed by atoms with E-state index < -0.39 is 0 Å². The van der Waals surface area contributed by atoms with Gasteiger partial charge in [0, 0.05) is 6.20 Å². The van der Waals surface area contributed by atoms with E-state index in [4.69, 9.17) is 21.1 Å². The van der Waals surface area contributed by atoms with Gasteiger partial charge >= 0.3 is 0 Å². The van der Waals surface area contributed by atoms with E-state index in [0.717, 1.165) is 11.3 Å². The highest BCUT2D eigenvalue weighted by molar-refractivity contribution is 6.32. The van der Waals surface area contributed by atoms with Gasteiger partial charge in [0.25, 0.3) is 5.91 Å². The standard InChI is InChI=1S/C20H20ClN3O3/c1-12(2)17(13-6-7-14-15(11-13)27-10-9-26-14)23-20(25)18-19(21)22-16-5-3-4-8-24(16)18/h3-8,11-12,17H,9-10H2,1-2H3,(H,23,25)/t17-/m1/s1. The van der Waals surface area contributed by atoms with Crippen LogP contribution in [0.3, 0.4) is 0 Å². The number of hydrogen-bond donors (Lipinski definition) is 1. The third kappa shape index (κ3) is 3.32. The van der Waals surface area contributed by atoms with Crippen molar-refractivity contribution in [3.05, 3.63) is 59.0 Å². The van der Waals surface area contributed by atoms with Crippen LogP contribution in [-0.2, 0) is 0 Å². The third-order valence-electron chi connectivity index (χ3n) is 4.58. The highest BCUT2D eigenvalue weighted by Gasteiger charge is 2.25. The fourth-order valence-electron chi connectivity index (χ4n) is 3.27. The summed E-state index contributed by atoms with van der Waals surface area (Å²) in [5.74, 6) is 1.32. The summed E-state index contributed by atoms with van der Waals surface area (Å²) in [5, 5.41) is 3.28. The van der Waals surface area contributed by atoms with E-state index in [1.165, 1.54) is 0 Å². The molecule has 140 valence electrons. The number of pyridine rings is 1. The number of nitrogens with one attached hydrogen (secondary N) is 1. The van der Waals surface area contributed by atoms with Crippen LogP contribution < -0.4 is 14.8 Å². The number of imidazole rings is 1. The molecule has 0 saturated carbocycles. The SMILES string of the molecule is CC(C)[C@@H](NC(=O)c1c(Cl)nc2ccccn12)c1ccc2c(c1)OCCO2. The van der Waals surface area contributed by atoms with E-state index in [1.807, 2.05) is 36.4 Å². The Bertz CT molecular complexity index is 999. The fraction of sp³-hybridized carbons (Fsp3) is 0.300. The van der Waals surface area contributed by atoms with Crippen LogP contribution in [0.4, 0.5) is 0 Å². The summed E-state index contributed by atoms with van der Waals surface area (Å²) in [7, 11) is 0. The molecule has 2 aromatic heterocycles. The maximum atomic E-state index is 13.0. The molecule has 7 heteroatoms. The summed E-state index contributed by atoms with van der Waals surface area (Å²) < 4.78 is 12.9. The van der Waals surface area contributed by atoms with E-state index in [2.05, 4.69) is 24.1 Å². The molecule has 0 fully saturated rings. The largest absolute Gasteiger partial charge is 0.486 e. The molecule has 0 radical (unpaired) electrons. The van der Waals surface area contributed by atoms with Crippen LogP contribution in [-0.4, -0.2) is 28.5 Å². The van der Waals surface area contributed by atoms with E-state index in [0.29, 0.717) is 30.3 Å². The first-order valence-electron chi connectivity index (χ1n) is 8.87. The number of carbonyl (C=O) groups excluding carboxylic acids is 1. The van der Waals surface area contributed by atoms with Gasteiger partial charge in [0.1, 0.15) is 18.9 Å². The number of nitrogens with zero attached hydrogens (tertiary/aromatic N) is 2. The lowest BCUT2D eigenvalue weighted by Crippen LogP contribution is -2.32. The van der Waals surface area contributed by atoms with Crippen LogP contribution in [0.5, 0.6) is 11.5 Å². The number of hydrogen-bond acceptors (Lipinski definition) is 4. The van der Waals surface area contributed by atoms with E-state index >= 15 is 0 Å². The van der Waals surface area contributed by atoms with Gasteiger partial charge in [-0.05, 0) is 35.7 Å². The minimum Gasteiger partial charge on any atom is -0.486 e. The quantitative estimate of drug-likeness (QED) is 0.740. The van der Waals surface area contributed by atoms with Crippen molar-refractivity contribution in [2.75, 3.05) is 13.2 Å². The molecule has 0 bridgehead atoms. The molecular weight excluding hydrogens is 366 g/mol. The molecule has 1 aliphatic heterocycles. The van der Waals surface area contributed by atoms with E-state index in [1.54, 1.807) is 10.6 Å².